The SMILES string of the molecule is [CH2]c1cc(Br)c(O)c([N+](=O)[O-])c1. The normalized spacial score (nSPS) is 9.83. The van der Waals surface area contributed by atoms with E-state index in [4.69, 9.17) is 0 Å². The van der Waals surface area contributed by atoms with E-state index in [9.17, 15) is 15.2 Å². The highest BCUT2D eigenvalue weighted by Crippen LogP contribution is 2.34. The third-order valence-corrected chi connectivity index (χ3v) is 1.90. The Hall–Kier alpha value is -1.10. The molecule has 0 amide bonds. The third-order valence-electron chi connectivity index (χ3n) is 1.30. The highest BCUT2D eigenvalue weighted by atomic mass is 79.9. The van der Waals surface area contributed by atoms with Crippen molar-refractivity contribution in [3.8, 4) is 5.75 Å². The van der Waals surface area contributed by atoms with Crippen molar-refractivity contribution in [2.24, 2.45) is 0 Å². The molecule has 0 bridgehead atoms. The summed E-state index contributed by atoms with van der Waals surface area (Å²) in [6.45, 7) is 3.52. The molecule has 1 radical (unpaired) electrons. The number of halogens is 1. The van der Waals surface area contributed by atoms with Crippen LogP contribution in [0.15, 0.2) is 16.6 Å². The molecule has 0 heterocycles. The molecule has 12 heavy (non-hydrogen) atoms. The third kappa shape index (κ3) is 1.55. The fourth-order valence-electron chi connectivity index (χ4n) is 0.778. The van der Waals surface area contributed by atoms with Crippen LogP contribution < -0.4 is 0 Å². The lowest BCUT2D eigenvalue weighted by molar-refractivity contribution is -0.386. The molecule has 0 aliphatic carbocycles. The van der Waals surface area contributed by atoms with Gasteiger partial charge in [-0.3, -0.25) is 10.1 Å². The molecule has 0 aliphatic heterocycles. The van der Waals surface area contributed by atoms with E-state index in [-0.39, 0.29) is 15.9 Å². The predicted molar refractivity (Wildman–Crippen MR) is 46.9 cm³/mol. The molecule has 0 spiro atoms. The zero-order chi connectivity index (χ0) is 9.30. The van der Waals surface area contributed by atoms with Gasteiger partial charge >= 0.3 is 5.69 Å². The Kier molecular flexibility index (Phi) is 2.32. The van der Waals surface area contributed by atoms with Crippen molar-refractivity contribution in [3.63, 3.8) is 0 Å². The first-order chi connectivity index (χ1) is 5.52. The van der Waals surface area contributed by atoms with Crippen molar-refractivity contribution in [3.05, 3.63) is 39.2 Å². The number of aromatic hydroxyl groups is 1. The zero-order valence-corrected chi connectivity index (χ0v) is 7.54. The van der Waals surface area contributed by atoms with Gasteiger partial charge in [-0.2, -0.15) is 0 Å². The fourth-order valence-corrected chi connectivity index (χ4v) is 1.28. The Morgan fingerprint density at radius 2 is 2.17 bits per heavy atom. The minimum Gasteiger partial charge on any atom is -0.501 e. The van der Waals surface area contributed by atoms with Gasteiger partial charge in [0, 0.05) is 6.07 Å². The van der Waals surface area contributed by atoms with Gasteiger partial charge in [0.25, 0.3) is 0 Å². The quantitative estimate of drug-likeness (QED) is 0.595. The maximum Gasteiger partial charge on any atom is 0.312 e. The number of hydrogen-bond donors (Lipinski definition) is 1. The van der Waals surface area contributed by atoms with E-state index >= 15 is 0 Å². The molecule has 0 fully saturated rings. The highest BCUT2D eigenvalue weighted by Gasteiger charge is 2.16. The lowest BCUT2D eigenvalue weighted by Crippen LogP contribution is -1.89. The molecule has 1 aromatic rings. The summed E-state index contributed by atoms with van der Waals surface area (Å²) in [6, 6.07) is 2.71. The van der Waals surface area contributed by atoms with Crippen LogP contribution in [0.2, 0.25) is 0 Å². The van der Waals surface area contributed by atoms with Gasteiger partial charge in [-0.1, -0.05) is 0 Å². The van der Waals surface area contributed by atoms with Gasteiger partial charge < -0.3 is 5.11 Å². The zero-order valence-electron chi connectivity index (χ0n) is 5.95. The van der Waals surface area contributed by atoms with Gasteiger partial charge in [-0.05, 0) is 34.5 Å². The van der Waals surface area contributed by atoms with Crippen LogP contribution in [0.1, 0.15) is 5.56 Å². The molecule has 0 unspecified atom stereocenters. The van der Waals surface area contributed by atoms with E-state index in [0.29, 0.717) is 5.56 Å². The summed E-state index contributed by atoms with van der Waals surface area (Å²) < 4.78 is 0.279. The van der Waals surface area contributed by atoms with Crippen molar-refractivity contribution >= 4 is 21.6 Å². The standard InChI is InChI=1S/C7H5BrNO3/c1-4-2-5(8)7(10)6(3-4)9(11)12/h2-3,10H,1H2. The fraction of sp³-hybridized carbons (Fsp3) is 0. The van der Waals surface area contributed by atoms with Crippen molar-refractivity contribution in [2.45, 2.75) is 0 Å². The predicted octanol–water partition coefficient (Wildman–Crippen LogP) is 2.25. The second kappa shape index (κ2) is 3.10. The average molecular weight is 231 g/mol. The molecular weight excluding hydrogens is 226 g/mol. The summed E-state index contributed by atoms with van der Waals surface area (Å²) in [5.74, 6) is -0.368. The Morgan fingerprint density at radius 1 is 1.58 bits per heavy atom. The van der Waals surface area contributed by atoms with Crippen LogP contribution in [0.25, 0.3) is 0 Å². The second-order valence-electron chi connectivity index (χ2n) is 2.20. The first-order valence-corrected chi connectivity index (χ1v) is 3.80. The van der Waals surface area contributed by atoms with Crippen LogP contribution in [-0.4, -0.2) is 10.0 Å². The second-order valence-corrected chi connectivity index (χ2v) is 3.06. The Morgan fingerprint density at radius 3 is 2.67 bits per heavy atom. The molecular formula is C7H5BrNO3. The van der Waals surface area contributed by atoms with Crippen LogP contribution in [0.4, 0.5) is 5.69 Å². The summed E-state index contributed by atoms with van der Waals surface area (Å²) in [5.41, 5.74) is 0.140. The molecule has 0 saturated carbocycles. The van der Waals surface area contributed by atoms with Crippen LogP contribution in [0.5, 0.6) is 5.75 Å². The monoisotopic (exact) mass is 230 g/mol. The molecule has 4 nitrogen and oxygen atoms in total. The van der Waals surface area contributed by atoms with Gasteiger partial charge in [-0.15, -0.1) is 0 Å². The molecule has 1 N–H and O–H groups in total. The van der Waals surface area contributed by atoms with Crippen LogP contribution in [-0.2, 0) is 0 Å². The Bertz CT molecular complexity index is 338. The topological polar surface area (TPSA) is 63.4 Å². The molecule has 63 valence electrons. The average Bonchev–Trinajstić information content (AvgIpc) is 1.96. The number of rotatable bonds is 1. The molecule has 0 atom stereocenters. The lowest BCUT2D eigenvalue weighted by atomic mass is 10.2. The van der Waals surface area contributed by atoms with E-state index in [2.05, 4.69) is 22.9 Å². The smallest absolute Gasteiger partial charge is 0.312 e. The van der Waals surface area contributed by atoms with Gasteiger partial charge in [0.2, 0.25) is 5.75 Å². The Balaban J connectivity index is 3.37. The molecule has 0 aliphatic rings. The maximum absolute atomic E-state index is 10.3. The van der Waals surface area contributed by atoms with E-state index in [1.165, 1.54) is 12.1 Å². The first kappa shape index (κ1) is 8.99. The lowest BCUT2D eigenvalue weighted by Gasteiger charge is -1.99. The van der Waals surface area contributed by atoms with Crippen LogP contribution in [0.3, 0.4) is 0 Å². The number of nitro benzene ring substituents is 1. The maximum atomic E-state index is 10.3. The minimum atomic E-state index is -0.658. The highest BCUT2D eigenvalue weighted by molar-refractivity contribution is 9.10. The van der Waals surface area contributed by atoms with Crippen molar-refractivity contribution < 1.29 is 10.0 Å². The Labute approximate surface area is 77.1 Å². The van der Waals surface area contributed by atoms with E-state index in [1.54, 1.807) is 0 Å². The number of nitrogens with zero attached hydrogens (tertiary/aromatic N) is 1. The van der Waals surface area contributed by atoms with E-state index in [0.717, 1.165) is 0 Å². The van der Waals surface area contributed by atoms with Crippen molar-refractivity contribution in [2.75, 3.05) is 0 Å². The summed E-state index contributed by atoms with van der Waals surface area (Å²) in [7, 11) is 0. The van der Waals surface area contributed by atoms with Crippen molar-refractivity contribution in [1.29, 1.82) is 0 Å². The number of benzene rings is 1. The molecule has 1 rings (SSSR count). The van der Waals surface area contributed by atoms with E-state index < -0.39 is 4.92 Å². The van der Waals surface area contributed by atoms with Crippen LogP contribution in [0, 0.1) is 17.0 Å². The minimum absolute atomic E-state index is 0.279. The number of hydrogen-bond acceptors (Lipinski definition) is 3. The summed E-state index contributed by atoms with van der Waals surface area (Å²) >= 11 is 2.97. The van der Waals surface area contributed by atoms with Crippen molar-refractivity contribution in [1.82, 2.24) is 0 Å². The molecule has 1 aromatic carbocycles. The van der Waals surface area contributed by atoms with Gasteiger partial charge in [0.05, 0.1) is 9.40 Å². The molecule has 5 heteroatoms. The largest absolute Gasteiger partial charge is 0.501 e. The molecule has 0 saturated heterocycles. The summed E-state index contributed by atoms with van der Waals surface area (Å²) in [4.78, 5) is 9.67. The van der Waals surface area contributed by atoms with E-state index in [1.807, 2.05) is 0 Å². The summed E-state index contributed by atoms with van der Waals surface area (Å²) in [6.07, 6.45) is 0. The number of phenols is 1. The van der Waals surface area contributed by atoms with Gasteiger partial charge in [0.1, 0.15) is 0 Å². The molecule has 0 aromatic heterocycles. The number of phenolic OH excluding ortho intramolecular Hbond substituents is 1. The first-order valence-electron chi connectivity index (χ1n) is 3.01. The van der Waals surface area contributed by atoms with Gasteiger partial charge in [0.15, 0.2) is 0 Å². The number of nitro groups is 1. The van der Waals surface area contributed by atoms with Gasteiger partial charge in [-0.25, -0.2) is 0 Å². The van der Waals surface area contributed by atoms with Crippen LogP contribution >= 0.6 is 15.9 Å². The summed E-state index contributed by atoms with van der Waals surface area (Å²) in [5, 5.41) is 19.5.